The average Bonchev–Trinajstić information content (AvgIpc) is 2.19. The molecular weight excluding hydrogens is 179 g/mol. The highest BCUT2D eigenvalue weighted by Gasteiger charge is 2.02. The third-order valence-electron chi connectivity index (χ3n) is 2.03. The second-order valence-electron chi connectivity index (χ2n) is 3.19. The van der Waals surface area contributed by atoms with Crippen molar-refractivity contribution in [2.24, 2.45) is 4.99 Å². The van der Waals surface area contributed by atoms with Crippen LogP contribution in [0.2, 0.25) is 0 Å². The van der Waals surface area contributed by atoms with Crippen LogP contribution < -0.4 is 0 Å². The number of hydrogen-bond donors (Lipinski definition) is 0. The monoisotopic (exact) mass is 190 g/mol. The number of hydrogen-bond acceptors (Lipinski definition) is 2. The van der Waals surface area contributed by atoms with Crippen LogP contribution in [0.5, 0.6) is 0 Å². The lowest BCUT2D eigenvalue weighted by molar-refractivity contribution is 0.378. The maximum Gasteiger partial charge on any atom is 0.123 e. The molecule has 1 aliphatic heterocycles. The zero-order valence-electron chi connectivity index (χ0n) is 7.73. The van der Waals surface area contributed by atoms with Crippen LogP contribution >= 0.6 is 0 Å². The Bertz CT molecular complexity index is 371. The van der Waals surface area contributed by atoms with Gasteiger partial charge in [-0.25, -0.2) is 4.39 Å². The summed E-state index contributed by atoms with van der Waals surface area (Å²) in [5.41, 5.74) is 0.965. The minimum absolute atomic E-state index is 0.188. The Morgan fingerprint density at radius 3 is 3.07 bits per heavy atom. The number of aliphatic imine (C=N–C) groups is 1. The minimum Gasteiger partial charge on any atom is -0.354 e. The van der Waals surface area contributed by atoms with Gasteiger partial charge in [-0.05, 0) is 23.8 Å². The molecule has 0 N–H and O–H groups in total. The lowest BCUT2D eigenvalue weighted by atomic mass is 10.2. The molecule has 0 amide bonds. The van der Waals surface area contributed by atoms with Gasteiger partial charge in [0, 0.05) is 19.0 Å². The molecule has 1 aromatic rings. The van der Waals surface area contributed by atoms with Gasteiger partial charge in [0.05, 0.1) is 0 Å². The molecule has 0 spiro atoms. The number of benzene rings is 1. The van der Waals surface area contributed by atoms with Crippen molar-refractivity contribution in [1.82, 2.24) is 4.90 Å². The highest BCUT2D eigenvalue weighted by molar-refractivity contribution is 5.71. The molecule has 14 heavy (non-hydrogen) atoms. The molecule has 0 radical (unpaired) electrons. The predicted octanol–water partition coefficient (Wildman–Crippen LogP) is 2.18. The molecule has 0 aliphatic carbocycles. The molecule has 2 rings (SSSR count). The largest absolute Gasteiger partial charge is 0.354 e. The van der Waals surface area contributed by atoms with E-state index in [0.717, 1.165) is 5.56 Å². The molecule has 0 unspecified atom stereocenters. The maximum atomic E-state index is 12.9. The Labute approximate surface area is 82.4 Å². The molecule has 0 aromatic heterocycles. The van der Waals surface area contributed by atoms with Gasteiger partial charge in [-0.3, -0.25) is 4.99 Å². The summed E-state index contributed by atoms with van der Waals surface area (Å²) in [6, 6.07) is 6.64. The normalized spacial score (nSPS) is 14.8. The Balaban J connectivity index is 2.04. The first-order valence-electron chi connectivity index (χ1n) is 4.50. The van der Waals surface area contributed by atoms with Crippen molar-refractivity contribution in [3.05, 3.63) is 47.9 Å². The molecule has 0 saturated carbocycles. The van der Waals surface area contributed by atoms with E-state index in [1.165, 1.54) is 6.07 Å². The van der Waals surface area contributed by atoms with E-state index in [1.807, 2.05) is 23.2 Å². The predicted molar refractivity (Wildman–Crippen MR) is 54.4 cm³/mol. The highest BCUT2D eigenvalue weighted by atomic mass is 19.1. The summed E-state index contributed by atoms with van der Waals surface area (Å²) >= 11 is 0. The minimum atomic E-state index is -0.188. The van der Waals surface area contributed by atoms with Gasteiger partial charge < -0.3 is 4.90 Å². The van der Waals surface area contributed by atoms with E-state index in [1.54, 1.807) is 18.3 Å². The molecule has 0 atom stereocenters. The second kappa shape index (κ2) is 4.05. The van der Waals surface area contributed by atoms with Gasteiger partial charge in [0.2, 0.25) is 0 Å². The van der Waals surface area contributed by atoms with Crippen LogP contribution in [0.25, 0.3) is 0 Å². The van der Waals surface area contributed by atoms with E-state index in [9.17, 15) is 4.39 Å². The van der Waals surface area contributed by atoms with Gasteiger partial charge >= 0.3 is 0 Å². The summed E-state index contributed by atoms with van der Waals surface area (Å²) in [4.78, 5) is 6.12. The van der Waals surface area contributed by atoms with Gasteiger partial charge in [-0.1, -0.05) is 12.1 Å². The van der Waals surface area contributed by atoms with Gasteiger partial charge in [-0.2, -0.15) is 0 Å². The van der Waals surface area contributed by atoms with E-state index in [4.69, 9.17) is 0 Å². The summed E-state index contributed by atoms with van der Waals surface area (Å²) < 4.78 is 12.9. The van der Waals surface area contributed by atoms with Crippen LogP contribution in [0.15, 0.2) is 41.5 Å². The Morgan fingerprint density at radius 2 is 2.36 bits per heavy atom. The Morgan fingerprint density at radius 1 is 1.43 bits per heavy atom. The van der Waals surface area contributed by atoms with Crippen molar-refractivity contribution in [3.8, 4) is 0 Å². The fourth-order valence-corrected chi connectivity index (χ4v) is 1.39. The Hall–Kier alpha value is -1.64. The van der Waals surface area contributed by atoms with Crippen LogP contribution in [0.4, 0.5) is 4.39 Å². The quantitative estimate of drug-likeness (QED) is 0.698. The van der Waals surface area contributed by atoms with Crippen molar-refractivity contribution in [2.75, 3.05) is 6.67 Å². The zero-order chi connectivity index (χ0) is 9.80. The summed E-state index contributed by atoms with van der Waals surface area (Å²) in [5.74, 6) is -0.188. The fourth-order valence-electron chi connectivity index (χ4n) is 1.39. The third-order valence-corrected chi connectivity index (χ3v) is 2.03. The summed E-state index contributed by atoms with van der Waals surface area (Å²) in [6.45, 7) is 1.35. The van der Waals surface area contributed by atoms with E-state index >= 15 is 0 Å². The molecule has 2 nitrogen and oxygen atoms in total. The molecule has 3 heteroatoms. The van der Waals surface area contributed by atoms with Crippen molar-refractivity contribution in [3.63, 3.8) is 0 Å². The first-order chi connectivity index (χ1) is 6.84. The molecule has 1 heterocycles. The molecule has 0 bridgehead atoms. The van der Waals surface area contributed by atoms with Crippen LogP contribution in [0.1, 0.15) is 5.56 Å². The van der Waals surface area contributed by atoms with Crippen LogP contribution in [0, 0.1) is 5.82 Å². The first-order valence-corrected chi connectivity index (χ1v) is 4.50. The molecule has 72 valence electrons. The molecular formula is C11H11FN2. The number of nitrogens with zero attached hydrogens (tertiary/aromatic N) is 2. The van der Waals surface area contributed by atoms with Crippen molar-refractivity contribution >= 4 is 6.21 Å². The van der Waals surface area contributed by atoms with Gasteiger partial charge in [0.25, 0.3) is 0 Å². The van der Waals surface area contributed by atoms with Gasteiger partial charge in [0.1, 0.15) is 12.5 Å². The zero-order valence-corrected chi connectivity index (χ0v) is 7.73. The van der Waals surface area contributed by atoms with Crippen LogP contribution in [-0.2, 0) is 6.54 Å². The fraction of sp³-hybridized carbons (Fsp3) is 0.182. The smallest absolute Gasteiger partial charge is 0.123 e. The topological polar surface area (TPSA) is 15.6 Å². The summed E-state index contributed by atoms with van der Waals surface area (Å²) in [5, 5.41) is 0. The van der Waals surface area contributed by atoms with Crippen molar-refractivity contribution in [2.45, 2.75) is 6.54 Å². The van der Waals surface area contributed by atoms with Gasteiger partial charge in [0.15, 0.2) is 0 Å². The number of halogens is 1. The highest BCUT2D eigenvalue weighted by Crippen LogP contribution is 2.08. The average molecular weight is 190 g/mol. The van der Waals surface area contributed by atoms with E-state index < -0.39 is 0 Å². The summed E-state index contributed by atoms with van der Waals surface area (Å²) in [6.07, 6.45) is 5.60. The first kappa shape index (κ1) is 8.94. The maximum absolute atomic E-state index is 12.9. The molecule has 1 aromatic carbocycles. The van der Waals surface area contributed by atoms with Crippen LogP contribution in [0.3, 0.4) is 0 Å². The summed E-state index contributed by atoms with van der Waals surface area (Å²) in [7, 11) is 0. The van der Waals surface area contributed by atoms with Crippen molar-refractivity contribution < 1.29 is 4.39 Å². The van der Waals surface area contributed by atoms with E-state index in [0.29, 0.717) is 13.2 Å². The molecule has 1 aliphatic rings. The van der Waals surface area contributed by atoms with E-state index in [2.05, 4.69) is 4.99 Å². The van der Waals surface area contributed by atoms with Crippen molar-refractivity contribution in [1.29, 1.82) is 0 Å². The molecule has 0 fully saturated rings. The van der Waals surface area contributed by atoms with E-state index in [-0.39, 0.29) is 5.82 Å². The van der Waals surface area contributed by atoms with Crippen LogP contribution in [-0.4, -0.2) is 17.8 Å². The lowest BCUT2D eigenvalue weighted by Crippen LogP contribution is -2.18. The van der Waals surface area contributed by atoms with Gasteiger partial charge in [-0.15, -0.1) is 0 Å². The standard InChI is InChI=1S/C11H11FN2/c12-11-4-1-3-10(7-11)8-14-6-2-5-13-9-14/h1-7H,8-9H2. The third kappa shape index (κ3) is 2.19. The SMILES string of the molecule is Fc1cccc(CN2C=CC=NC2)c1. The lowest BCUT2D eigenvalue weighted by Gasteiger charge is -2.19. The second-order valence-corrected chi connectivity index (χ2v) is 3.19. The molecule has 0 saturated heterocycles. The number of allylic oxidation sites excluding steroid dienone is 1. The Kier molecular flexibility index (Phi) is 2.58. The number of rotatable bonds is 2.